The fourth-order valence-corrected chi connectivity index (χ4v) is 2.72. The third-order valence-electron chi connectivity index (χ3n) is 4.16. The molecule has 0 fully saturated rings. The summed E-state index contributed by atoms with van der Waals surface area (Å²) in [4.78, 5) is 36.1. The number of carbonyl (C=O) groups is 3. The predicted octanol–water partition coefficient (Wildman–Crippen LogP) is 3.86. The fraction of sp³-hybridized carbons (Fsp3) is 0.348. The Balaban J connectivity index is 1.83. The second kappa shape index (κ2) is 11.6. The van der Waals surface area contributed by atoms with Crippen molar-refractivity contribution in [2.45, 2.75) is 33.6 Å². The molecule has 0 aliphatic heterocycles. The molecule has 0 aromatic heterocycles. The molecule has 30 heavy (non-hydrogen) atoms. The van der Waals surface area contributed by atoms with Crippen molar-refractivity contribution in [2.75, 3.05) is 29.0 Å². The Hall–Kier alpha value is -3.35. The van der Waals surface area contributed by atoms with Crippen molar-refractivity contribution < 1.29 is 14.4 Å². The Kier molecular flexibility index (Phi) is 8.87. The first-order valence-corrected chi connectivity index (χ1v) is 10.2. The van der Waals surface area contributed by atoms with Crippen LogP contribution in [-0.4, -0.2) is 30.8 Å². The Morgan fingerprint density at radius 3 is 2.20 bits per heavy atom. The average Bonchev–Trinajstić information content (AvgIpc) is 2.71. The van der Waals surface area contributed by atoms with Crippen LogP contribution < -0.4 is 21.3 Å². The van der Waals surface area contributed by atoms with Crippen LogP contribution in [0.3, 0.4) is 0 Å². The van der Waals surface area contributed by atoms with E-state index in [0.717, 1.165) is 12.1 Å². The van der Waals surface area contributed by atoms with Crippen LogP contribution in [-0.2, 0) is 9.59 Å². The van der Waals surface area contributed by atoms with E-state index in [1.54, 1.807) is 48.5 Å². The molecule has 7 heteroatoms. The molecular formula is C23H30N4O3. The first-order valence-electron chi connectivity index (χ1n) is 10.2. The lowest BCUT2D eigenvalue weighted by molar-refractivity contribution is -0.117. The van der Waals surface area contributed by atoms with Gasteiger partial charge in [-0.15, -0.1) is 0 Å². The van der Waals surface area contributed by atoms with Gasteiger partial charge in [-0.2, -0.15) is 0 Å². The zero-order valence-corrected chi connectivity index (χ0v) is 17.7. The summed E-state index contributed by atoms with van der Waals surface area (Å²) < 4.78 is 0. The lowest BCUT2D eigenvalue weighted by atomic mass is 10.1. The second-order valence-electron chi connectivity index (χ2n) is 7.46. The molecule has 0 radical (unpaired) electrons. The van der Waals surface area contributed by atoms with Gasteiger partial charge in [-0.25, -0.2) is 0 Å². The molecular weight excluding hydrogens is 380 g/mol. The Labute approximate surface area is 177 Å². The van der Waals surface area contributed by atoms with E-state index in [2.05, 4.69) is 21.3 Å². The van der Waals surface area contributed by atoms with Gasteiger partial charge in [-0.05, 0) is 54.8 Å². The Morgan fingerprint density at radius 1 is 0.867 bits per heavy atom. The maximum Gasteiger partial charge on any atom is 0.251 e. The highest BCUT2D eigenvalue weighted by atomic mass is 16.2. The molecule has 0 atom stereocenters. The van der Waals surface area contributed by atoms with Crippen LogP contribution in [0.5, 0.6) is 0 Å². The molecule has 2 aromatic rings. The van der Waals surface area contributed by atoms with Crippen LogP contribution in [0, 0.1) is 5.92 Å². The van der Waals surface area contributed by atoms with E-state index in [1.165, 1.54) is 0 Å². The SMILES string of the molecule is CCCNC(=O)c1cccc(NC(=O)CNc2ccc(NC(=O)CC(C)C)cc2)c1. The third kappa shape index (κ3) is 7.95. The van der Waals surface area contributed by atoms with Crippen molar-refractivity contribution in [1.82, 2.24) is 5.32 Å². The van der Waals surface area contributed by atoms with E-state index >= 15 is 0 Å². The van der Waals surface area contributed by atoms with Crippen molar-refractivity contribution >= 4 is 34.8 Å². The van der Waals surface area contributed by atoms with Crippen molar-refractivity contribution in [3.05, 3.63) is 54.1 Å². The highest BCUT2D eigenvalue weighted by Gasteiger charge is 2.08. The van der Waals surface area contributed by atoms with Crippen molar-refractivity contribution in [1.29, 1.82) is 0 Å². The van der Waals surface area contributed by atoms with Crippen LogP contribution in [0.25, 0.3) is 0 Å². The van der Waals surface area contributed by atoms with Crippen LogP contribution in [0.4, 0.5) is 17.1 Å². The van der Waals surface area contributed by atoms with Gasteiger partial charge < -0.3 is 21.3 Å². The molecule has 0 spiro atoms. The van der Waals surface area contributed by atoms with Gasteiger partial charge in [0.1, 0.15) is 0 Å². The molecule has 0 aliphatic rings. The summed E-state index contributed by atoms with van der Waals surface area (Å²) in [6.07, 6.45) is 1.33. The number of hydrogen-bond acceptors (Lipinski definition) is 4. The van der Waals surface area contributed by atoms with Gasteiger partial charge in [-0.3, -0.25) is 14.4 Å². The van der Waals surface area contributed by atoms with Crippen LogP contribution in [0.1, 0.15) is 44.0 Å². The van der Waals surface area contributed by atoms with Gasteiger partial charge in [0.15, 0.2) is 0 Å². The number of anilines is 3. The summed E-state index contributed by atoms with van der Waals surface area (Å²) in [7, 11) is 0. The molecule has 0 bridgehead atoms. The van der Waals surface area contributed by atoms with E-state index in [4.69, 9.17) is 0 Å². The van der Waals surface area contributed by atoms with E-state index in [-0.39, 0.29) is 24.3 Å². The van der Waals surface area contributed by atoms with Crippen molar-refractivity contribution in [3.8, 4) is 0 Å². The molecule has 0 unspecified atom stereocenters. The molecule has 0 heterocycles. The molecule has 7 nitrogen and oxygen atoms in total. The Morgan fingerprint density at radius 2 is 1.53 bits per heavy atom. The third-order valence-corrected chi connectivity index (χ3v) is 4.16. The quantitative estimate of drug-likeness (QED) is 0.478. The van der Waals surface area contributed by atoms with Gasteiger partial charge >= 0.3 is 0 Å². The predicted molar refractivity (Wildman–Crippen MR) is 121 cm³/mol. The number of rotatable bonds is 10. The lowest BCUT2D eigenvalue weighted by Crippen LogP contribution is -2.24. The molecule has 2 aromatic carbocycles. The molecule has 160 valence electrons. The van der Waals surface area contributed by atoms with Gasteiger partial charge in [0.2, 0.25) is 11.8 Å². The number of amides is 3. The summed E-state index contributed by atoms with van der Waals surface area (Å²) in [5.41, 5.74) is 2.55. The van der Waals surface area contributed by atoms with E-state index in [1.807, 2.05) is 20.8 Å². The standard InChI is InChI=1S/C23H30N4O3/c1-4-12-24-23(30)17-6-5-7-20(14-17)27-22(29)15-25-18-8-10-19(11-9-18)26-21(28)13-16(2)3/h5-11,14,16,25H,4,12-13,15H2,1-3H3,(H,24,30)(H,26,28)(H,27,29). The monoisotopic (exact) mass is 410 g/mol. The highest BCUT2D eigenvalue weighted by molar-refractivity contribution is 5.98. The number of nitrogens with one attached hydrogen (secondary N) is 4. The average molecular weight is 411 g/mol. The van der Waals surface area contributed by atoms with Gasteiger partial charge in [0.05, 0.1) is 6.54 Å². The zero-order valence-electron chi connectivity index (χ0n) is 17.7. The molecule has 4 N–H and O–H groups in total. The smallest absolute Gasteiger partial charge is 0.251 e. The minimum absolute atomic E-state index is 0.0179. The van der Waals surface area contributed by atoms with Crippen LogP contribution in [0.2, 0.25) is 0 Å². The maximum atomic E-state index is 12.2. The number of carbonyl (C=O) groups excluding carboxylic acids is 3. The minimum Gasteiger partial charge on any atom is -0.376 e. The minimum atomic E-state index is -0.226. The number of benzene rings is 2. The molecule has 2 rings (SSSR count). The first-order chi connectivity index (χ1) is 14.4. The summed E-state index contributed by atoms with van der Waals surface area (Å²) in [5.74, 6) is -0.103. The summed E-state index contributed by atoms with van der Waals surface area (Å²) >= 11 is 0. The van der Waals surface area contributed by atoms with Gasteiger partial charge in [0.25, 0.3) is 5.91 Å². The summed E-state index contributed by atoms with van der Waals surface area (Å²) in [6.45, 7) is 6.66. The van der Waals surface area contributed by atoms with Gasteiger partial charge in [-0.1, -0.05) is 26.8 Å². The molecule has 0 saturated carbocycles. The summed E-state index contributed by atoms with van der Waals surface area (Å²) in [5, 5.41) is 11.5. The first kappa shape index (κ1) is 22.9. The van der Waals surface area contributed by atoms with Crippen LogP contribution in [0.15, 0.2) is 48.5 Å². The normalized spacial score (nSPS) is 10.4. The maximum absolute atomic E-state index is 12.2. The van der Waals surface area contributed by atoms with Crippen molar-refractivity contribution in [3.63, 3.8) is 0 Å². The zero-order chi connectivity index (χ0) is 21.9. The van der Waals surface area contributed by atoms with Crippen molar-refractivity contribution in [2.24, 2.45) is 5.92 Å². The largest absolute Gasteiger partial charge is 0.376 e. The highest BCUT2D eigenvalue weighted by Crippen LogP contribution is 2.15. The lowest BCUT2D eigenvalue weighted by Gasteiger charge is -2.11. The molecule has 0 saturated heterocycles. The van der Waals surface area contributed by atoms with Crippen LogP contribution >= 0.6 is 0 Å². The van der Waals surface area contributed by atoms with Gasteiger partial charge in [0, 0.05) is 35.6 Å². The summed E-state index contributed by atoms with van der Waals surface area (Å²) in [6, 6.07) is 14.0. The van der Waals surface area contributed by atoms with E-state index < -0.39 is 0 Å². The Bertz CT molecular complexity index is 863. The molecule has 3 amide bonds. The number of hydrogen-bond donors (Lipinski definition) is 4. The molecule has 0 aliphatic carbocycles. The second-order valence-corrected chi connectivity index (χ2v) is 7.46. The van der Waals surface area contributed by atoms with E-state index in [0.29, 0.717) is 35.8 Å². The fourth-order valence-electron chi connectivity index (χ4n) is 2.72. The van der Waals surface area contributed by atoms with E-state index in [9.17, 15) is 14.4 Å². The topological polar surface area (TPSA) is 99.3 Å².